The Morgan fingerprint density at radius 1 is 0.970 bits per heavy atom. The highest BCUT2D eigenvalue weighted by molar-refractivity contribution is 5.52. The maximum Gasteiger partial charge on any atom is 0.409 e. The van der Waals surface area contributed by atoms with Gasteiger partial charge in [-0.25, -0.2) is 8.78 Å². The number of benzene rings is 1. The van der Waals surface area contributed by atoms with Crippen LogP contribution in [0.15, 0.2) is 18.2 Å². The first-order valence-electron chi connectivity index (χ1n) is 12.5. The van der Waals surface area contributed by atoms with Crippen LogP contribution >= 0.6 is 0 Å². The van der Waals surface area contributed by atoms with Gasteiger partial charge in [0.1, 0.15) is 11.6 Å². The number of hydrogen-bond acceptors (Lipinski definition) is 1. The minimum atomic E-state index is -4.61. The van der Waals surface area contributed by atoms with Gasteiger partial charge < -0.3 is 4.74 Å². The van der Waals surface area contributed by atoms with E-state index in [1.54, 1.807) is 0 Å². The fraction of sp³-hybridized carbons (Fsp3) is 0.704. The number of hydrogen-bond donors (Lipinski definition) is 0. The maximum absolute atomic E-state index is 14.3. The lowest BCUT2D eigenvalue weighted by Crippen LogP contribution is -2.27. The number of alkyl halides is 3. The van der Waals surface area contributed by atoms with Crippen molar-refractivity contribution in [3.8, 4) is 0 Å². The van der Waals surface area contributed by atoms with Gasteiger partial charge in [0.15, 0.2) is 0 Å². The topological polar surface area (TPSA) is 9.23 Å². The molecule has 0 bridgehead atoms. The van der Waals surface area contributed by atoms with Crippen LogP contribution in [0.3, 0.4) is 0 Å². The van der Waals surface area contributed by atoms with Crippen molar-refractivity contribution in [1.29, 1.82) is 0 Å². The van der Waals surface area contributed by atoms with E-state index in [4.69, 9.17) is 4.74 Å². The first-order valence-corrected chi connectivity index (χ1v) is 12.5. The molecule has 0 spiro atoms. The number of halogens is 5. The van der Waals surface area contributed by atoms with Gasteiger partial charge in [-0.15, -0.1) is 0 Å². The molecule has 0 amide bonds. The van der Waals surface area contributed by atoms with Crippen molar-refractivity contribution in [1.82, 2.24) is 0 Å². The van der Waals surface area contributed by atoms with Gasteiger partial charge in [0.2, 0.25) is 0 Å². The second kappa shape index (κ2) is 11.8. The highest BCUT2D eigenvalue weighted by atomic mass is 19.4. The SMILES string of the molecule is CCCC(C)C1CCC(COC2CCC(c3cc(F)c(/C=C/C(F)(F)F)c(F)c3)CC2)CC1. The monoisotopic (exact) mass is 472 g/mol. The van der Waals surface area contributed by atoms with Crippen molar-refractivity contribution in [3.05, 3.63) is 41.0 Å². The van der Waals surface area contributed by atoms with E-state index in [2.05, 4.69) is 13.8 Å². The summed E-state index contributed by atoms with van der Waals surface area (Å²) in [6.45, 7) is 5.43. The summed E-state index contributed by atoms with van der Waals surface area (Å²) in [7, 11) is 0. The van der Waals surface area contributed by atoms with Crippen LogP contribution in [0.5, 0.6) is 0 Å². The third kappa shape index (κ3) is 7.80. The van der Waals surface area contributed by atoms with E-state index in [1.807, 2.05) is 0 Å². The Labute approximate surface area is 194 Å². The summed E-state index contributed by atoms with van der Waals surface area (Å²) in [6.07, 6.45) is 6.74. The van der Waals surface area contributed by atoms with E-state index >= 15 is 0 Å². The average molecular weight is 473 g/mol. The molecule has 0 radical (unpaired) electrons. The van der Waals surface area contributed by atoms with Crippen LogP contribution in [-0.4, -0.2) is 18.9 Å². The minimum absolute atomic E-state index is 0.00462. The molecule has 1 atom stereocenters. The van der Waals surface area contributed by atoms with Gasteiger partial charge in [0.25, 0.3) is 0 Å². The minimum Gasteiger partial charge on any atom is -0.378 e. The molecule has 1 aromatic carbocycles. The molecule has 2 aliphatic carbocycles. The highest BCUT2D eigenvalue weighted by Crippen LogP contribution is 2.38. The zero-order valence-corrected chi connectivity index (χ0v) is 19.8. The van der Waals surface area contributed by atoms with Gasteiger partial charge in [0.05, 0.1) is 6.10 Å². The second-order valence-corrected chi connectivity index (χ2v) is 10.1. The Morgan fingerprint density at radius 3 is 2.12 bits per heavy atom. The van der Waals surface area contributed by atoms with E-state index in [0.29, 0.717) is 17.6 Å². The Bertz CT molecular complexity index is 748. The van der Waals surface area contributed by atoms with Crippen LogP contribution in [0.25, 0.3) is 6.08 Å². The zero-order valence-electron chi connectivity index (χ0n) is 19.8. The maximum atomic E-state index is 14.3. The lowest BCUT2D eigenvalue weighted by molar-refractivity contribution is -0.0790. The summed E-state index contributed by atoms with van der Waals surface area (Å²) in [5.41, 5.74) is -0.126. The molecule has 1 aromatic rings. The lowest BCUT2D eigenvalue weighted by atomic mass is 9.75. The molecule has 2 aliphatic rings. The molecule has 0 aliphatic heterocycles. The molecule has 0 saturated heterocycles. The zero-order chi connectivity index (χ0) is 24.0. The van der Waals surface area contributed by atoms with Crippen LogP contribution in [0.2, 0.25) is 0 Å². The molecule has 1 unspecified atom stereocenters. The normalized spacial score (nSPS) is 27.7. The Kier molecular flexibility index (Phi) is 9.37. The van der Waals surface area contributed by atoms with Crippen LogP contribution < -0.4 is 0 Å². The fourth-order valence-electron chi connectivity index (χ4n) is 5.63. The molecule has 2 saturated carbocycles. The van der Waals surface area contributed by atoms with Crippen LogP contribution in [-0.2, 0) is 4.74 Å². The van der Waals surface area contributed by atoms with Crippen molar-refractivity contribution < 1.29 is 26.7 Å². The molecule has 0 aromatic heterocycles. The smallest absolute Gasteiger partial charge is 0.378 e. The Hall–Kier alpha value is -1.43. The van der Waals surface area contributed by atoms with E-state index in [9.17, 15) is 22.0 Å². The summed E-state index contributed by atoms with van der Waals surface area (Å²) in [6, 6.07) is 2.37. The van der Waals surface area contributed by atoms with E-state index in [0.717, 1.165) is 44.1 Å². The first kappa shape index (κ1) is 26.2. The van der Waals surface area contributed by atoms with E-state index in [-0.39, 0.29) is 18.1 Å². The number of rotatable bonds is 8. The van der Waals surface area contributed by atoms with Gasteiger partial charge in [-0.3, -0.25) is 0 Å². The summed E-state index contributed by atoms with van der Waals surface area (Å²) in [4.78, 5) is 0. The Morgan fingerprint density at radius 2 is 1.58 bits per heavy atom. The largest absolute Gasteiger partial charge is 0.409 e. The fourth-order valence-corrected chi connectivity index (χ4v) is 5.63. The molecule has 6 heteroatoms. The molecule has 33 heavy (non-hydrogen) atoms. The molecular weight excluding hydrogens is 435 g/mol. The van der Waals surface area contributed by atoms with Crippen LogP contribution in [0, 0.1) is 29.4 Å². The summed E-state index contributed by atoms with van der Waals surface area (Å²) in [5, 5.41) is 0. The van der Waals surface area contributed by atoms with Crippen molar-refractivity contribution in [2.45, 2.75) is 96.3 Å². The van der Waals surface area contributed by atoms with Crippen molar-refractivity contribution >= 4 is 6.08 Å². The molecule has 0 N–H and O–H groups in total. The van der Waals surface area contributed by atoms with Crippen LogP contribution in [0.4, 0.5) is 22.0 Å². The standard InChI is InChI=1S/C27H37F5O/c1-3-4-18(2)20-7-5-19(6-8-20)17-33-23-11-9-21(10-12-23)22-15-25(28)24(26(29)16-22)13-14-27(30,31)32/h13-16,18-21,23H,3-12,17H2,1-2H3/b14-13+. The molecule has 186 valence electrons. The van der Waals surface area contributed by atoms with Gasteiger partial charge >= 0.3 is 6.18 Å². The number of allylic oxidation sites excluding steroid dienone is 1. The van der Waals surface area contributed by atoms with E-state index in [1.165, 1.54) is 50.7 Å². The van der Waals surface area contributed by atoms with Gasteiger partial charge in [0, 0.05) is 18.2 Å². The predicted octanol–water partition coefficient (Wildman–Crippen LogP) is 8.83. The predicted molar refractivity (Wildman–Crippen MR) is 122 cm³/mol. The molecule has 0 heterocycles. The first-order chi connectivity index (χ1) is 15.7. The summed E-state index contributed by atoms with van der Waals surface area (Å²) < 4.78 is 71.8. The molecule has 3 rings (SSSR count). The third-order valence-corrected chi connectivity index (χ3v) is 7.69. The van der Waals surface area contributed by atoms with Gasteiger partial charge in [-0.05, 0) is 98.8 Å². The van der Waals surface area contributed by atoms with Gasteiger partial charge in [-0.1, -0.05) is 26.7 Å². The number of ether oxygens (including phenoxy) is 1. The van der Waals surface area contributed by atoms with Gasteiger partial charge in [-0.2, -0.15) is 13.2 Å². The average Bonchev–Trinajstić information content (AvgIpc) is 2.77. The van der Waals surface area contributed by atoms with Crippen molar-refractivity contribution in [3.63, 3.8) is 0 Å². The van der Waals surface area contributed by atoms with E-state index < -0.39 is 23.4 Å². The molecular formula is C27H37F5O. The molecule has 2 fully saturated rings. The highest BCUT2D eigenvalue weighted by Gasteiger charge is 2.28. The summed E-state index contributed by atoms with van der Waals surface area (Å²) in [5.74, 6) is 0.406. The van der Waals surface area contributed by atoms with Crippen molar-refractivity contribution in [2.24, 2.45) is 17.8 Å². The second-order valence-electron chi connectivity index (χ2n) is 10.1. The van der Waals surface area contributed by atoms with Crippen LogP contribution in [0.1, 0.15) is 95.1 Å². The third-order valence-electron chi connectivity index (χ3n) is 7.69. The quantitative estimate of drug-likeness (QED) is 0.343. The Balaban J connectivity index is 1.44. The molecule has 1 nitrogen and oxygen atoms in total. The summed E-state index contributed by atoms with van der Waals surface area (Å²) >= 11 is 0. The van der Waals surface area contributed by atoms with Crippen molar-refractivity contribution in [2.75, 3.05) is 6.61 Å². The lowest BCUT2D eigenvalue weighted by Gasteiger charge is -2.34.